The summed E-state index contributed by atoms with van der Waals surface area (Å²) in [5.41, 5.74) is 0. The summed E-state index contributed by atoms with van der Waals surface area (Å²) in [4.78, 5) is 12.7. The maximum Gasteiger partial charge on any atom is 0.218 e. The molecule has 0 spiro atoms. The normalized spacial score (nSPS) is 38.1. The average molecular weight is 306 g/mol. The van der Waals surface area contributed by atoms with Crippen molar-refractivity contribution >= 4 is 5.78 Å². The van der Waals surface area contributed by atoms with Crippen molar-refractivity contribution in [2.45, 2.75) is 58.7 Å². The van der Waals surface area contributed by atoms with Crippen LogP contribution < -0.4 is 0 Å². The van der Waals surface area contributed by atoms with E-state index < -0.39 is 6.29 Å². The molecule has 6 atom stereocenters. The van der Waals surface area contributed by atoms with Crippen LogP contribution in [0.2, 0.25) is 0 Å². The Morgan fingerprint density at radius 1 is 1.27 bits per heavy atom. The van der Waals surface area contributed by atoms with Crippen LogP contribution >= 0.6 is 0 Å². The van der Waals surface area contributed by atoms with Crippen molar-refractivity contribution in [3.63, 3.8) is 0 Å². The van der Waals surface area contributed by atoms with Gasteiger partial charge in [0.15, 0.2) is 5.78 Å². The molecule has 3 aliphatic carbocycles. The molecule has 4 rings (SSSR count). The summed E-state index contributed by atoms with van der Waals surface area (Å²) in [6.07, 6.45) is 11.3. The van der Waals surface area contributed by atoms with Crippen molar-refractivity contribution in [3.8, 4) is 0 Å². The van der Waals surface area contributed by atoms with Crippen LogP contribution in [0.3, 0.4) is 0 Å². The second kappa shape index (κ2) is 7.27. The first kappa shape index (κ1) is 16.2. The summed E-state index contributed by atoms with van der Waals surface area (Å²) in [6, 6.07) is 0. The van der Waals surface area contributed by atoms with Gasteiger partial charge in [0, 0.05) is 5.92 Å². The molecule has 0 aromatic carbocycles. The monoisotopic (exact) mass is 306 g/mol. The Bertz CT molecular complexity index is 417. The van der Waals surface area contributed by atoms with E-state index in [2.05, 4.69) is 26.0 Å². The average Bonchev–Trinajstić information content (AvgIpc) is 2.55. The molecule has 0 N–H and O–H groups in total. The van der Waals surface area contributed by atoms with Crippen LogP contribution in [0.1, 0.15) is 52.4 Å². The number of fused-ring (bicyclic) bond motifs is 1. The van der Waals surface area contributed by atoms with Crippen LogP contribution in [0.4, 0.5) is 0 Å². The topological polar surface area (TPSA) is 35.5 Å². The zero-order valence-corrected chi connectivity index (χ0v) is 14.0. The summed E-state index contributed by atoms with van der Waals surface area (Å²) in [7, 11) is 0. The molecule has 0 unspecified atom stereocenters. The third-order valence-corrected chi connectivity index (χ3v) is 5.74. The van der Waals surface area contributed by atoms with Crippen LogP contribution in [0.5, 0.6) is 0 Å². The molecule has 3 heteroatoms. The van der Waals surface area contributed by atoms with Gasteiger partial charge in [-0.2, -0.15) is 0 Å². The zero-order valence-electron chi connectivity index (χ0n) is 14.0. The van der Waals surface area contributed by atoms with Crippen molar-refractivity contribution in [2.75, 3.05) is 13.2 Å². The van der Waals surface area contributed by atoms with Crippen LogP contribution in [0.15, 0.2) is 12.2 Å². The van der Waals surface area contributed by atoms with E-state index in [0.29, 0.717) is 36.9 Å². The second-order valence-corrected chi connectivity index (χ2v) is 7.48. The van der Waals surface area contributed by atoms with Crippen LogP contribution in [-0.4, -0.2) is 25.3 Å². The van der Waals surface area contributed by atoms with Gasteiger partial charge in [0.1, 0.15) is 0 Å². The predicted molar refractivity (Wildman–Crippen MR) is 86.3 cm³/mol. The van der Waals surface area contributed by atoms with Crippen molar-refractivity contribution in [1.82, 2.24) is 0 Å². The Morgan fingerprint density at radius 2 is 2.05 bits per heavy atom. The van der Waals surface area contributed by atoms with E-state index in [4.69, 9.17) is 9.47 Å². The molecule has 2 fully saturated rings. The van der Waals surface area contributed by atoms with Crippen molar-refractivity contribution in [3.05, 3.63) is 12.2 Å². The Balaban J connectivity index is 1.50. The van der Waals surface area contributed by atoms with Crippen molar-refractivity contribution < 1.29 is 14.3 Å². The lowest BCUT2D eigenvalue weighted by Gasteiger charge is -2.47. The van der Waals surface area contributed by atoms with Gasteiger partial charge in [0.25, 0.3) is 0 Å². The third kappa shape index (κ3) is 3.30. The first-order valence-electron chi connectivity index (χ1n) is 9.16. The molecule has 22 heavy (non-hydrogen) atoms. The molecule has 124 valence electrons. The zero-order chi connectivity index (χ0) is 15.5. The van der Waals surface area contributed by atoms with E-state index in [1.807, 2.05) is 0 Å². The number of ketones is 1. The molecule has 4 aliphatic rings. The van der Waals surface area contributed by atoms with E-state index in [1.165, 1.54) is 32.1 Å². The smallest absolute Gasteiger partial charge is 0.218 e. The highest BCUT2D eigenvalue weighted by molar-refractivity contribution is 5.86. The summed E-state index contributed by atoms with van der Waals surface area (Å²) in [5, 5.41) is 0. The van der Waals surface area contributed by atoms with E-state index in [9.17, 15) is 4.79 Å². The molecule has 1 heterocycles. The van der Waals surface area contributed by atoms with Gasteiger partial charge in [-0.15, -0.1) is 0 Å². The summed E-state index contributed by atoms with van der Waals surface area (Å²) >= 11 is 0. The molecule has 0 aromatic heterocycles. The molecule has 0 aromatic rings. The van der Waals surface area contributed by atoms with Crippen molar-refractivity contribution in [1.29, 1.82) is 0 Å². The number of allylic oxidation sites excluding steroid dienone is 2. The van der Waals surface area contributed by atoms with Crippen LogP contribution in [0, 0.1) is 29.6 Å². The van der Waals surface area contributed by atoms with E-state index in [-0.39, 0.29) is 11.7 Å². The lowest BCUT2D eigenvalue weighted by atomic mass is 9.60. The first-order chi connectivity index (χ1) is 10.7. The fourth-order valence-corrected chi connectivity index (χ4v) is 4.40. The minimum absolute atomic E-state index is 0.151. The highest BCUT2D eigenvalue weighted by atomic mass is 16.7. The fraction of sp³-hybridized carbons (Fsp3) is 0.842. The number of rotatable bonds is 7. The lowest BCUT2D eigenvalue weighted by molar-refractivity contribution is -0.206. The van der Waals surface area contributed by atoms with Gasteiger partial charge in [-0.05, 0) is 42.9 Å². The molecule has 2 bridgehead atoms. The fourth-order valence-electron chi connectivity index (χ4n) is 4.40. The van der Waals surface area contributed by atoms with Gasteiger partial charge >= 0.3 is 0 Å². The standard InChI is InChI=1S/C19H30O3/c1-3-4-5-6-13(2)11-21-19-18(20)17-15-9-7-14(8-10-15)16(17)12-22-19/h7,9,13-17,19H,3-6,8,10-12H2,1-2H3/t13-,14+,15-,16+,17-,19-/m1/s1. The Kier molecular flexibility index (Phi) is 5.35. The number of hydrogen-bond acceptors (Lipinski definition) is 3. The van der Waals surface area contributed by atoms with Gasteiger partial charge in [0.05, 0.1) is 13.2 Å². The van der Waals surface area contributed by atoms with E-state index >= 15 is 0 Å². The number of carbonyl (C=O) groups excluding carboxylic acids is 1. The summed E-state index contributed by atoms with van der Waals surface area (Å²) in [5.74, 6) is 2.24. The Morgan fingerprint density at radius 3 is 2.77 bits per heavy atom. The molecule has 1 saturated carbocycles. The van der Waals surface area contributed by atoms with Gasteiger partial charge in [-0.3, -0.25) is 4.79 Å². The highest BCUT2D eigenvalue weighted by Gasteiger charge is 2.49. The van der Waals surface area contributed by atoms with Gasteiger partial charge < -0.3 is 9.47 Å². The van der Waals surface area contributed by atoms with Gasteiger partial charge in [-0.25, -0.2) is 0 Å². The van der Waals surface area contributed by atoms with E-state index in [0.717, 1.165) is 6.42 Å². The van der Waals surface area contributed by atoms with E-state index in [1.54, 1.807) is 0 Å². The highest BCUT2D eigenvalue weighted by Crippen LogP contribution is 2.47. The molecular formula is C19H30O3. The SMILES string of the molecule is CCCCC[C@@H](C)CO[C@@H]1OC[C@@H]2[C@H](C1=O)[C@@H]1C=C[C@H]2CC1. The van der Waals surface area contributed by atoms with Crippen LogP contribution in [0.25, 0.3) is 0 Å². The van der Waals surface area contributed by atoms with Gasteiger partial charge in [0.2, 0.25) is 6.29 Å². The Hall–Kier alpha value is -0.670. The van der Waals surface area contributed by atoms with Crippen LogP contribution in [-0.2, 0) is 14.3 Å². The Labute approximate surface area is 134 Å². The first-order valence-corrected chi connectivity index (χ1v) is 9.16. The quantitative estimate of drug-likeness (QED) is 0.527. The maximum absolute atomic E-state index is 12.7. The summed E-state index contributed by atoms with van der Waals surface area (Å²) < 4.78 is 11.6. The van der Waals surface area contributed by atoms with Gasteiger partial charge in [-0.1, -0.05) is 45.3 Å². The van der Waals surface area contributed by atoms with Crippen molar-refractivity contribution in [2.24, 2.45) is 29.6 Å². The number of ether oxygens (including phenoxy) is 2. The lowest BCUT2D eigenvalue weighted by Crippen LogP contribution is -2.52. The predicted octanol–water partition coefficient (Wildman–Crippen LogP) is 3.97. The molecule has 0 radical (unpaired) electrons. The maximum atomic E-state index is 12.7. The summed E-state index contributed by atoms with van der Waals surface area (Å²) in [6.45, 7) is 5.76. The molecular weight excluding hydrogens is 276 g/mol. The minimum atomic E-state index is -0.609. The molecule has 1 aliphatic heterocycles. The molecule has 0 amide bonds. The third-order valence-electron chi connectivity index (χ3n) is 5.74. The minimum Gasteiger partial charge on any atom is -0.346 e. The number of Topliss-reactive ketones (excluding diaryl/α,β-unsaturated/α-hetero) is 1. The molecule has 1 saturated heterocycles. The number of unbranched alkanes of at least 4 members (excludes halogenated alkanes) is 2. The largest absolute Gasteiger partial charge is 0.346 e. The molecule has 3 nitrogen and oxygen atoms in total. The second-order valence-electron chi connectivity index (χ2n) is 7.48. The number of carbonyl (C=O) groups is 1. The number of hydrogen-bond donors (Lipinski definition) is 0.